The van der Waals surface area contributed by atoms with Crippen LogP contribution in [0, 0.1) is 5.92 Å². The monoisotopic (exact) mass is 762 g/mol. The predicted octanol–water partition coefficient (Wildman–Crippen LogP) is -6.34. The third kappa shape index (κ3) is 18.3. The van der Waals surface area contributed by atoms with Crippen molar-refractivity contribution in [3.8, 4) is 0 Å². The minimum Gasteiger partial charge on any atom is -0.481 e. The molecule has 0 spiro atoms. The molecule has 0 heterocycles. The molecule has 0 fully saturated rings. The Morgan fingerprint density at radius 3 is 1.55 bits per heavy atom. The van der Waals surface area contributed by atoms with Crippen molar-refractivity contribution in [2.24, 2.45) is 28.1 Å². The first kappa shape index (κ1) is 47.9. The van der Waals surface area contributed by atoms with E-state index in [1.807, 2.05) is 0 Å². The molecule has 0 aromatic carbocycles. The molecule has 0 saturated heterocycles. The zero-order valence-electron chi connectivity index (χ0n) is 30.2. The van der Waals surface area contributed by atoms with Gasteiger partial charge in [0.15, 0.2) is 5.96 Å². The molecule has 0 radical (unpaired) electrons. The van der Waals surface area contributed by atoms with Gasteiger partial charge in [-0.05, 0) is 46.0 Å². The summed E-state index contributed by atoms with van der Waals surface area (Å²) in [5.41, 5.74) is 16.1. The van der Waals surface area contributed by atoms with E-state index >= 15 is 0 Å². The van der Waals surface area contributed by atoms with Crippen LogP contribution in [0.2, 0.25) is 0 Å². The number of aliphatic hydroxyl groups is 3. The van der Waals surface area contributed by atoms with E-state index in [1.165, 1.54) is 6.92 Å². The van der Waals surface area contributed by atoms with E-state index < -0.39 is 115 Å². The molecule has 23 nitrogen and oxygen atoms in total. The van der Waals surface area contributed by atoms with Crippen LogP contribution in [-0.4, -0.2) is 147 Å². The Morgan fingerprint density at radius 2 is 1.09 bits per heavy atom. The van der Waals surface area contributed by atoms with Crippen LogP contribution in [0.1, 0.15) is 60.3 Å². The highest BCUT2D eigenvalue weighted by atomic mass is 16.4. The van der Waals surface area contributed by atoms with Crippen molar-refractivity contribution in [1.29, 1.82) is 0 Å². The van der Waals surface area contributed by atoms with Crippen molar-refractivity contribution in [2.75, 3.05) is 13.2 Å². The number of aliphatic carboxylic acids is 2. The van der Waals surface area contributed by atoms with Gasteiger partial charge in [-0.15, -0.1) is 0 Å². The number of carbonyl (C=O) groups is 8. The third-order valence-electron chi connectivity index (χ3n) is 7.32. The lowest BCUT2D eigenvalue weighted by Gasteiger charge is -2.29. The SMILES string of the molecule is CC(C)C[C@H](NC(=O)[C@@H](NC(=O)[C@@H](NC(=O)[C@H](CO)NC(=O)[C@H](CCCN=C(N)N)NC(=O)[C@@H](N)CC(=O)O)[C@@H](C)O)[C@@H](C)O)C(=O)N[C@@H](C)C(=O)O. The zero-order valence-corrected chi connectivity index (χ0v) is 30.2. The molecule has 0 rings (SSSR count). The maximum Gasteiger partial charge on any atom is 0.325 e. The van der Waals surface area contributed by atoms with E-state index in [4.69, 9.17) is 27.4 Å². The van der Waals surface area contributed by atoms with E-state index in [2.05, 4.69) is 36.9 Å². The largest absolute Gasteiger partial charge is 0.481 e. The lowest BCUT2D eigenvalue weighted by Crippen LogP contribution is -2.63. The first-order chi connectivity index (χ1) is 24.5. The van der Waals surface area contributed by atoms with Crippen LogP contribution in [0.4, 0.5) is 0 Å². The van der Waals surface area contributed by atoms with Crippen molar-refractivity contribution in [1.82, 2.24) is 31.9 Å². The Bertz CT molecular complexity index is 1320. The number of hydrogen-bond acceptors (Lipinski definition) is 13. The quantitative estimate of drug-likeness (QED) is 0.0247. The molecule has 0 aromatic rings. The van der Waals surface area contributed by atoms with Crippen LogP contribution in [0.15, 0.2) is 4.99 Å². The maximum absolute atomic E-state index is 13.3. The minimum absolute atomic E-state index is 0.0131. The summed E-state index contributed by atoms with van der Waals surface area (Å²) in [6.45, 7) is 5.83. The van der Waals surface area contributed by atoms with Gasteiger partial charge in [0.05, 0.1) is 31.3 Å². The van der Waals surface area contributed by atoms with Crippen LogP contribution < -0.4 is 49.1 Å². The van der Waals surface area contributed by atoms with E-state index in [9.17, 15) is 53.7 Å². The Hall–Kier alpha value is -5.13. The number of aliphatic hydroxyl groups excluding tert-OH is 3. The standard InChI is InChI=1S/C30H54N10O13/c1-12(2)9-18(25(48)35-13(3)29(52)53)37-27(50)21(14(4)42)40-28(51)22(15(5)43)39-26(49)19(11-41)38-24(47)17(7-6-8-34-30(32)33)36-23(46)16(31)10-20(44)45/h12-19,21-22,41-43H,6-11,31H2,1-5H3,(H,35,48)(H,36,46)(H,37,50)(H,38,47)(H,39,49)(H,40,51)(H,44,45)(H,52,53)(H4,32,33,34)/t13-,14+,15+,16-,17-,18-,19-,21-,22-/m0/s1. The number of nitrogens with zero attached hydrogens (tertiary/aromatic N) is 1. The number of carboxylic acids is 2. The Morgan fingerprint density at radius 1 is 0.642 bits per heavy atom. The first-order valence-corrected chi connectivity index (χ1v) is 16.6. The number of nitrogens with one attached hydrogen (secondary N) is 6. The van der Waals surface area contributed by atoms with Crippen LogP contribution in [-0.2, 0) is 38.4 Å². The number of guanidine groups is 1. The van der Waals surface area contributed by atoms with Crippen molar-refractivity contribution in [2.45, 2.75) is 115 Å². The van der Waals surface area contributed by atoms with Crippen molar-refractivity contribution in [3.63, 3.8) is 0 Å². The van der Waals surface area contributed by atoms with Crippen LogP contribution >= 0.6 is 0 Å². The lowest BCUT2D eigenvalue weighted by molar-refractivity contribution is -0.142. The van der Waals surface area contributed by atoms with Gasteiger partial charge >= 0.3 is 11.9 Å². The molecule has 17 N–H and O–H groups in total. The normalized spacial score (nSPS) is 16.1. The van der Waals surface area contributed by atoms with E-state index in [-0.39, 0.29) is 37.7 Å². The summed E-state index contributed by atoms with van der Waals surface area (Å²) < 4.78 is 0. The second kappa shape index (κ2) is 23.4. The molecular formula is C30H54N10O13. The molecule has 9 atom stereocenters. The fourth-order valence-corrected chi connectivity index (χ4v) is 4.45. The predicted molar refractivity (Wildman–Crippen MR) is 185 cm³/mol. The number of rotatable bonds is 24. The van der Waals surface area contributed by atoms with E-state index in [0.717, 1.165) is 13.8 Å². The van der Waals surface area contributed by atoms with Gasteiger partial charge in [0.2, 0.25) is 35.4 Å². The van der Waals surface area contributed by atoms with Crippen molar-refractivity contribution < 1.29 is 63.9 Å². The fraction of sp³-hybridized carbons (Fsp3) is 0.700. The number of amides is 6. The highest BCUT2D eigenvalue weighted by Gasteiger charge is 2.36. The summed E-state index contributed by atoms with van der Waals surface area (Å²) in [4.78, 5) is 104. The third-order valence-corrected chi connectivity index (χ3v) is 7.32. The summed E-state index contributed by atoms with van der Waals surface area (Å²) in [5.74, 6) is -9.54. The fourth-order valence-electron chi connectivity index (χ4n) is 4.45. The maximum atomic E-state index is 13.3. The molecule has 0 aromatic heterocycles. The van der Waals surface area contributed by atoms with Gasteiger partial charge in [-0.1, -0.05) is 13.8 Å². The molecule has 0 aliphatic heterocycles. The van der Waals surface area contributed by atoms with Gasteiger partial charge < -0.3 is 74.6 Å². The van der Waals surface area contributed by atoms with E-state index in [1.54, 1.807) is 13.8 Å². The highest BCUT2D eigenvalue weighted by molar-refractivity contribution is 5.97. The smallest absolute Gasteiger partial charge is 0.325 e. The number of hydrogen-bond donors (Lipinski definition) is 14. The van der Waals surface area contributed by atoms with Gasteiger partial charge in [-0.25, -0.2) is 0 Å². The molecule has 23 heteroatoms. The first-order valence-electron chi connectivity index (χ1n) is 16.6. The molecule has 302 valence electrons. The lowest BCUT2D eigenvalue weighted by atomic mass is 10.0. The Kier molecular flexibility index (Phi) is 21.2. The topological polar surface area (TPSA) is 400 Å². The molecule has 0 aliphatic rings. The van der Waals surface area contributed by atoms with Gasteiger partial charge in [-0.3, -0.25) is 43.3 Å². The minimum atomic E-state index is -1.85. The summed E-state index contributed by atoms with van der Waals surface area (Å²) in [6.07, 6.45) is -4.03. The number of aliphatic imine (C=N–C) groups is 1. The summed E-state index contributed by atoms with van der Waals surface area (Å²) >= 11 is 0. The highest BCUT2D eigenvalue weighted by Crippen LogP contribution is 2.08. The van der Waals surface area contributed by atoms with Gasteiger partial charge in [0.25, 0.3) is 0 Å². The molecule has 6 amide bonds. The number of nitrogens with two attached hydrogens (primary N) is 3. The number of carboxylic acid groups (broad SMARTS) is 2. The van der Waals surface area contributed by atoms with Gasteiger partial charge in [0.1, 0.15) is 36.3 Å². The second-order valence-electron chi connectivity index (χ2n) is 12.7. The average Bonchev–Trinajstić information content (AvgIpc) is 3.04. The summed E-state index contributed by atoms with van der Waals surface area (Å²) in [6, 6.07) is -11.0. The van der Waals surface area contributed by atoms with Crippen molar-refractivity contribution >= 4 is 53.3 Å². The molecular weight excluding hydrogens is 708 g/mol. The van der Waals surface area contributed by atoms with Crippen LogP contribution in [0.3, 0.4) is 0 Å². The van der Waals surface area contributed by atoms with E-state index in [0.29, 0.717) is 0 Å². The molecule has 0 unspecified atom stereocenters. The average molecular weight is 763 g/mol. The molecule has 0 bridgehead atoms. The van der Waals surface area contributed by atoms with Crippen molar-refractivity contribution in [3.05, 3.63) is 0 Å². The molecule has 53 heavy (non-hydrogen) atoms. The van der Waals surface area contributed by atoms with Crippen LogP contribution in [0.5, 0.6) is 0 Å². The number of carbonyl (C=O) groups excluding carboxylic acids is 6. The Labute approximate surface area is 305 Å². The van der Waals surface area contributed by atoms with Gasteiger partial charge in [0, 0.05) is 6.54 Å². The molecule has 0 aliphatic carbocycles. The second-order valence-corrected chi connectivity index (χ2v) is 12.7. The summed E-state index contributed by atoms with van der Waals surface area (Å²) in [7, 11) is 0. The zero-order chi connectivity index (χ0) is 41.2. The van der Waals surface area contributed by atoms with Gasteiger partial charge in [-0.2, -0.15) is 0 Å². The van der Waals surface area contributed by atoms with Crippen LogP contribution in [0.25, 0.3) is 0 Å². The molecule has 0 saturated carbocycles. The Balaban J connectivity index is 5.98. The summed E-state index contributed by atoms with van der Waals surface area (Å²) in [5, 5.41) is 62.0.